The van der Waals surface area contributed by atoms with Gasteiger partial charge in [0.05, 0.1) is 5.69 Å². The molecule has 39 heavy (non-hydrogen) atoms. The number of nitrogens with zero attached hydrogens (tertiary/aromatic N) is 2. The van der Waals surface area contributed by atoms with Crippen LogP contribution in [0.5, 0.6) is 0 Å². The molecule has 1 N–H and O–H groups in total. The number of hydrogen-bond acceptors (Lipinski definition) is 3. The van der Waals surface area contributed by atoms with Crippen LogP contribution in [0.1, 0.15) is 34.8 Å². The van der Waals surface area contributed by atoms with Crippen LogP contribution in [0, 0.1) is 5.82 Å². The summed E-state index contributed by atoms with van der Waals surface area (Å²) in [7, 11) is 0. The van der Waals surface area contributed by atoms with Gasteiger partial charge < -0.3 is 10.2 Å². The SMILES string of the molecule is CCCNC(=O)[C@H](Cc1ccccc1)N(Cc1ccccc1F)C(=O)CN1C(=O)c2cccc3cccc1c23. The van der Waals surface area contributed by atoms with E-state index in [2.05, 4.69) is 5.32 Å². The van der Waals surface area contributed by atoms with Gasteiger partial charge in [-0.2, -0.15) is 0 Å². The molecule has 0 aliphatic carbocycles. The lowest BCUT2D eigenvalue weighted by Gasteiger charge is -2.33. The average molecular weight is 524 g/mol. The maximum atomic E-state index is 14.8. The summed E-state index contributed by atoms with van der Waals surface area (Å²) in [6, 6.07) is 25.9. The Bertz CT molecular complexity index is 1520. The molecule has 1 aliphatic rings. The number of anilines is 1. The molecule has 1 aliphatic heterocycles. The number of carbonyl (C=O) groups excluding carboxylic acids is 3. The molecule has 3 amide bonds. The molecule has 1 heterocycles. The molecule has 0 aromatic heterocycles. The Morgan fingerprint density at radius 1 is 0.923 bits per heavy atom. The second-order valence-electron chi connectivity index (χ2n) is 9.68. The maximum absolute atomic E-state index is 14.8. The molecule has 0 saturated heterocycles. The predicted octanol–water partition coefficient (Wildman–Crippen LogP) is 5.11. The number of hydrogen-bond donors (Lipinski definition) is 1. The van der Waals surface area contributed by atoms with Crippen molar-refractivity contribution in [1.29, 1.82) is 0 Å². The van der Waals surface area contributed by atoms with E-state index in [4.69, 9.17) is 0 Å². The normalized spacial score (nSPS) is 13.0. The van der Waals surface area contributed by atoms with Crippen molar-refractivity contribution < 1.29 is 18.8 Å². The molecule has 0 bridgehead atoms. The van der Waals surface area contributed by atoms with Gasteiger partial charge in [-0.3, -0.25) is 19.3 Å². The Labute approximate surface area is 227 Å². The molecule has 0 fully saturated rings. The fourth-order valence-corrected chi connectivity index (χ4v) is 5.09. The minimum atomic E-state index is -0.901. The molecular weight excluding hydrogens is 493 g/mol. The van der Waals surface area contributed by atoms with Crippen LogP contribution in [-0.4, -0.2) is 41.8 Å². The van der Waals surface area contributed by atoms with Crippen LogP contribution in [-0.2, 0) is 22.6 Å². The van der Waals surface area contributed by atoms with Gasteiger partial charge in [-0.25, -0.2) is 4.39 Å². The van der Waals surface area contributed by atoms with E-state index in [-0.39, 0.29) is 31.3 Å². The van der Waals surface area contributed by atoms with Crippen molar-refractivity contribution in [1.82, 2.24) is 10.2 Å². The maximum Gasteiger partial charge on any atom is 0.259 e. The second-order valence-corrected chi connectivity index (χ2v) is 9.68. The van der Waals surface area contributed by atoms with E-state index in [1.807, 2.05) is 67.6 Å². The van der Waals surface area contributed by atoms with Crippen molar-refractivity contribution >= 4 is 34.2 Å². The quantitative estimate of drug-likeness (QED) is 0.314. The van der Waals surface area contributed by atoms with Crippen molar-refractivity contribution in [2.24, 2.45) is 0 Å². The van der Waals surface area contributed by atoms with E-state index < -0.39 is 17.8 Å². The van der Waals surface area contributed by atoms with Gasteiger partial charge in [0.1, 0.15) is 18.4 Å². The van der Waals surface area contributed by atoms with Crippen molar-refractivity contribution in [2.45, 2.75) is 32.4 Å². The second kappa shape index (κ2) is 11.5. The molecule has 0 unspecified atom stereocenters. The van der Waals surface area contributed by atoms with E-state index in [1.165, 1.54) is 15.9 Å². The molecule has 7 heteroatoms. The van der Waals surface area contributed by atoms with Gasteiger partial charge >= 0.3 is 0 Å². The third-order valence-corrected chi connectivity index (χ3v) is 7.06. The average Bonchev–Trinajstić information content (AvgIpc) is 3.23. The smallest absolute Gasteiger partial charge is 0.259 e. The summed E-state index contributed by atoms with van der Waals surface area (Å²) in [6.07, 6.45) is 0.982. The van der Waals surface area contributed by atoms with E-state index in [0.29, 0.717) is 23.4 Å². The summed E-state index contributed by atoms with van der Waals surface area (Å²) < 4.78 is 14.8. The summed E-state index contributed by atoms with van der Waals surface area (Å²) in [5, 5.41) is 4.63. The van der Waals surface area contributed by atoms with E-state index in [0.717, 1.165) is 22.8 Å². The number of nitrogens with one attached hydrogen (secondary N) is 1. The number of carbonyl (C=O) groups is 3. The molecular formula is C32H30FN3O3. The minimum absolute atomic E-state index is 0.109. The van der Waals surface area contributed by atoms with Crippen molar-refractivity contribution in [3.8, 4) is 0 Å². The zero-order valence-electron chi connectivity index (χ0n) is 21.8. The van der Waals surface area contributed by atoms with Gasteiger partial charge in [-0.05, 0) is 35.6 Å². The number of halogens is 1. The van der Waals surface area contributed by atoms with Crippen LogP contribution in [0.2, 0.25) is 0 Å². The topological polar surface area (TPSA) is 69.7 Å². The lowest BCUT2D eigenvalue weighted by Crippen LogP contribution is -2.53. The minimum Gasteiger partial charge on any atom is -0.354 e. The van der Waals surface area contributed by atoms with Gasteiger partial charge in [0.25, 0.3) is 5.91 Å². The van der Waals surface area contributed by atoms with Crippen LogP contribution in [0.3, 0.4) is 0 Å². The van der Waals surface area contributed by atoms with Gasteiger partial charge in [-0.15, -0.1) is 0 Å². The summed E-state index contributed by atoms with van der Waals surface area (Å²) in [6.45, 7) is 2.02. The zero-order valence-corrected chi connectivity index (χ0v) is 21.8. The summed E-state index contributed by atoms with van der Waals surface area (Å²) in [5.41, 5.74) is 2.36. The predicted molar refractivity (Wildman–Crippen MR) is 150 cm³/mol. The van der Waals surface area contributed by atoms with E-state index in [9.17, 15) is 18.8 Å². The highest BCUT2D eigenvalue weighted by Gasteiger charge is 2.36. The molecule has 0 spiro atoms. The van der Waals surface area contributed by atoms with Gasteiger partial charge in [0.2, 0.25) is 11.8 Å². The fraction of sp³-hybridized carbons (Fsp3) is 0.219. The third kappa shape index (κ3) is 5.39. The summed E-state index contributed by atoms with van der Waals surface area (Å²) in [5.74, 6) is -1.49. The molecule has 5 rings (SSSR count). The lowest BCUT2D eigenvalue weighted by atomic mass is 10.0. The number of rotatable bonds is 10. The summed E-state index contributed by atoms with van der Waals surface area (Å²) in [4.78, 5) is 43.8. The van der Waals surface area contributed by atoms with E-state index in [1.54, 1.807) is 24.3 Å². The lowest BCUT2D eigenvalue weighted by molar-refractivity contribution is -0.140. The standard InChI is InChI=1S/C32H30FN3O3/c1-2-18-34-31(38)28(19-22-10-4-3-5-11-22)35(20-24-12-6-7-16-26(24)33)29(37)21-36-27-17-9-14-23-13-8-15-25(30(23)27)32(36)39/h3-17,28H,2,18-21H2,1H3,(H,34,38)/t28-/m0/s1. The Morgan fingerprint density at radius 2 is 1.64 bits per heavy atom. The Hall–Kier alpha value is -4.52. The van der Waals surface area contributed by atoms with Gasteiger partial charge in [0, 0.05) is 36.0 Å². The highest BCUT2D eigenvalue weighted by atomic mass is 19.1. The van der Waals surface area contributed by atoms with Crippen LogP contribution >= 0.6 is 0 Å². The van der Waals surface area contributed by atoms with Crippen molar-refractivity contribution in [3.05, 3.63) is 114 Å². The molecule has 6 nitrogen and oxygen atoms in total. The molecule has 1 atom stereocenters. The fourth-order valence-electron chi connectivity index (χ4n) is 5.09. The van der Waals surface area contributed by atoms with Crippen LogP contribution < -0.4 is 10.2 Å². The van der Waals surface area contributed by atoms with Crippen molar-refractivity contribution in [2.75, 3.05) is 18.0 Å². The third-order valence-electron chi connectivity index (χ3n) is 7.06. The molecule has 4 aromatic rings. The first-order chi connectivity index (χ1) is 19.0. The van der Waals surface area contributed by atoms with Crippen LogP contribution in [0.15, 0.2) is 91.0 Å². The highest BCUT2D eigenvalue weighted by molar-refractivity contribution is 6.26. The van der Waals surface area contributed by atoms with E-state index >= 15 is 0 Å². The van der Waals surface area contributed by atoms with Crippen molar-refractivity contribution in [3.63, 3.8) is 0 Å². The van der Waals surface area contributed by atoms with Gasteiger partial charge in [-0.1, -0.05) is 79.7 Å². The first-order valence-electron chi connectivity index (χ1n) is 13.2. The Morgan fingerprint density at radius 3 is 2.38 bits per heavy atom. The summed E-state index contributed by atoms with van der Waals surface area (Å²) >= 11 is 0. The molecule has 4 aromatic carbocycles. The molecule has 0 saturated carbocycles. The van der Waals surface area contributed by atoms with Crippen LogP contribution in [0.25, 0.3) is 10.8 Å². The largest absolute Gasteiger partial charge is 0.354 e. The molecule has 0 radical (unpaired) electrons. The first-order valence-corrected chi connectivity index (χ1v) is 13.2. The molecule has 198 valence electrons. The number of benzene rings is 4. The Kier molecular flexibility index (Phi) is 7.68. The number of amides is 3. The first kappa shape index (κ1) is 26.1. The monoisotopic (exact) mass is 523 g/mol. The zero-order chi connectivity index (χ0) is 27.4. The van der Waals surface area contributed by atoms with Gasteiger partial charge in [0.15, 0.2) is 0 Å². The van der Waals surface area contributed by atoms with Crippen LogP contribution in [0.4, 0.5) is 10.1 Å². The highest BCUT2D eigenvalue weighted by Crippen LogP contribution is 2.37. The Balaban J connectivity index is 1.51.